The molecule has 0 aliphatic heterocycles. The van der Waals surface area contributed by atoms with Crippen molar-refractivity contribution in [3.8, 4) is 11.5 Å². The molecule has 0 spiro atoms. The normalized spacial score (nSPS) is 11.4. The molecule has 0 aliphatic carbocycles. The first-order valence-corrected chi connectivity index (χ1v) is 13.0. The number of phenolic OH excluding ortho intramolecular Hbond substituents is 1. The number of carbonyl (C=O) groups excluding carboxylic acids is 3. The fourth-order valence-corrected chi connectivity index (χ4v) is 3.63. The van der Waals surface area contributed by atoms with E-state index in [9.17, 15) is 19.5 Å². The Kier molecular flexibility index (Phi) is 12.5. The van der Waals surface area contributed by atoms with Crippen LogP contribution in [0.25, 0.3) is 0 Å². The van der Waals surface area contributed by atoms with E-state index in [4.69, 9.17) is 9.47 Å². The van der Waals surface area contributed by atoms with Crippen molar-refractivity contribution in [1.82, 2.24) is 10.6 Å². The van der Waals surface area contributed by atoms with Gasteiger partial charge in [0.25, 0.3) is 0 Å². The van der Waals surface area contributed by atoms with Crippen molar-refractivity contribution in [3.63, 3.8) is 0 Å². The number of amides is 2. The summed E-state index contributed by atoms with van der Waals surface area (Å²) in [5, 5.41) is 15.1. The predicted molar refractivity (Wildman–Crippen MR) is 137 cm³/mol. The fraction of sp³-hybridized carbons (Fsp3) is 0.423. The highest BCUT2D eigenvalue weighted by Crippen LogP contribution is 2.15. The molecule has 0 saturated heterocycles. The summed E-state index contributed by atoms with van der Waals surface area (Å²) in [4.78, 5) is 36.4. The van der Waals surface area contributed by atoms with Crippen molar-refractivity contribution in [2.24, 2.45) is 0 Å². The quantitative estimate of drug-likeness (QED) is 0.253. The lowest BCUT2D eigenvalue weighted by atomic mass is 10.0. The molecular weight excluding hydrogens is 468 g/mol. The van der Waals surface area contributed by atoms with Crippen LogP contribution >= 0.6 is 11.8 Å². The van der Waals surface area contributed by atoms with E-state index in [1.54, 1.807) is 31.2 Å². The van der Waals surface area contributed by atoms with Crippen molar-refractivity contribution in [1.29, 1.82) is 0 Å². The van der Waals surface area contributed by atoms with Gasteiger partial charge >= 0.3 is 5.97 Å². The molecule has 8 nitrogen and oxygen atoms in total. The van der Waals surface area contributed by atoms with Crippen molar-refractivity contribution >= 4 is 29.5 Å². The first-order chi connectivity index (χ1) is 16.9. The van der Waals surface area contributed by atoms with Gasteiger partial charge in [0, 0.05) is 19.4 Å². The summed E-state index contributed by atoms with van der Waals surface area (Å²) in [5.74, 6) is 0.453. The Morgan fingerprint density at radius 3 is 2.37 bits per heavy atom. The summed E-state index contributed by atoms with van der Waals surface area (Å²) in [6.07, 6.45) is 3.66. The van der Waals surface area contributed by atoms with Crippen molar-refractivity contribution in [2.45, 2.75) is 38.6 Å². The van der Waals surface area contributed by atoms with Gasteiger partial charge in [0.2, 0.25) is 11.8 Å². The molecule has 0 bridgehead atoms. The Morgan fingerprint density at radius 2 is 1.71 bits per heavy atom. The van der Waals surface area contributed by atoms with Gasteiger partial charge in [-0.15, -0.1) is 0 Å². The minimum Gasteiger partial charge on any atom is -0.508 e. The second-order valence-corrected chi connectivity index (χ2v) is 8.73. The SMILES string of the molecule is CCOC(=O)CCCOc1ccc(C[C@H](NC(=O)CSC)C(=O)NCCc2ccc(O)cc2)cc1. The van der Waals surface area contributed by atoms with Gasteiger partial charge in [0.05, 0.1) is 19.0 Å². The van der Waals surface area contributed by atoms with Crippen LogP contribution in [0.15, 0.2) is 48.5 Å². The lowest BCUT2D eigenvalue weighted by Gasteiger charge is -2.19. The van der Waals surface area contributed by atoms with Gasteiger partial charge in [-0.3, -0.25) is 14.4 Å². The standard InChI is InChI=1S/C26H34N2O6S/c1-3-33-25(31)5-4-16-34-22-12-8-20(9-13-22)17-23(28-24(30)18-35-2)26(32)27-15-14-19-6-10-21(29)11-7-19/h6-13,23,29H,3-5,14-18H2,1-2H3,(H,27,32)(H,28,30)/t23-/m0/s1. The molecule has 2 rings (SSSR count). The van der Waals surface area contributed by atoms with E-state index in [1.165, 1.54) is 11.8 Å². The minimum absolute atomic E-state index is 0.197. The largest absolute Gasteiger partial charge is 0.508 e. The van der Waals surface area contributed by atoms with Gasteiger partial charge in [-0.25, -0.2) is 0 Å². The zero-order valence-electron chi connectivity index (χ0n) is 20.2. The molecule has 3 N–H and O–H groups in total. The van der Waals surface area contributed by atoms with Crippen molar-refractivity contribution in [3.05, 3.63) is 59.7 Å². The molecule has 2 aromatic rings. The van der Waals surface area contributed by atoms with Crippen LogP contribution in [0, 0.1) is 0 Å². The lowest BCUT2D eigenvalue weighted by molar-refractivity contribution is -0.143. The fourth-order valence-electron chi connectivity index (χ4n) is 3.29. The Hall–Kier alpha value is -3.20. The van der Waals surface area contributed by atoms with Crippen LogP contribution in [0.1, 0.15) is 30.9 Å². The molecule has 0 aromatic heterocycles. The zero-order valence-corrected chi connectivity index (χ0v) is 21.1. The molecule has 2 amide bonds. The third-order valence-electron chi connectivity index (χ3n) is 5.04. The number of phenols is 1. The second kappa shape index (κ2) is 15.7. The number of ether oxygens (including phenoxy) is 2. The minimum atomic E-state index is -0.703. The second-order valence-electron chi connectivity index (χ2n) is 7.87. The molecule has 0 radical (unpaired) electrons. The molecule has 190 valence electrons. The van der Waals surface area contributed by atoms with Crippen LogP contribution in [-0.4, -0.2) is 60.7 Å². The molecule has 9 heteroatoms. The highest BCUT2D eigenvalue weighted by molar-refractivity contribution is 7.99. The monoisotopic (exact) mass is 502 g/mol. The number of thioether (sulfide) groups is 1. The first kappa shape index (κ1) is 28.0. The van der Waals surface area contributed by atoms with Gasteiger partial charge in [0.15, 0.2) is 0 Å². The van der Waals surface area contributed by atoms with E-state index in [0.29, 0.717) is 51.2 Å². The Morgan fingerprint density at radius 1 is 1.03 bits per heavy atom. The van der Waals surface area contributed by atoms with Crippen molar-refractivity contribution in [2.75, 3.05) is 31.8 Å². The summed E-state index contributed by atoms with van der Waals surface area (Å²) < 4.78 is 10.6. The molecule has 35 heavy (non-hydrogen) atoms. The third-order valence-corrected chi connectivity index (χ3v) is 5.59. The number of esters is 1. The Bertz CT molecular complexity index is 934. The van der Waals surface area contributed by atoms with E-state index >= 15 is 0 Å². The Labute approximate surface area is 210 Å². The first-order valence-electron chi connectivity index (χ1n) is 11.6. The van der Waals surface area contributed by atoms with E-state index in [-0.39, 0.29) is 29.3 Å². The van der Waals surface area contributed by atoms with Crippen molar-refractivity contribution < 1.29 is 29.0 Å². The van der Waals surface area contributed by atoms with E-state index < -0.39 is 6.04 Å². The molecule has 1 atom stereocenters. The van der Waals surface area contributed by atoms with Gasteiger partial charge in [-0.05, 0) is 61.4 Å². The van der Waals surface area contributed by atoms with Gasteiger partial charge in [0.1, 0.15) is 17.5 Å². The maximum absolute atomic E-state index is 12.8. The smallest absolute Gasteiger partial charge is 0.305 e. The number of benzene rings is 2. The topological polar surface area (TPSA) is 114 Å². The van der Waals surface area contributed by atoms with Crippen LogP contribution in [-0.2, 0) is 32.0 Å². The summed E-state index contributed by atoms with van der Waals surface area (Å²) in [7, 11) is 0. The van der Waals surface area contributed by atoms with Gasteiger partial charge < -0.3 is 25.2 Å². The molecular formula is C26H34N2O6S. The number of hydrogen-bond acceptors (Lipinski definition) is 7. The maximum atomic E-state index is 12.8. The molecule has 0 heterocycles. The number of rotatable bonds is 15. The summed E-state index contributed by atoms with van der Waals surface area (Å²) >= 11 is 1.39. The van der Waals surface area contributed by atoms with E-state index in [2.05, 4.69) is 10.6 Å². The average molecular weight is 503 g/mol. The third kappa shape index (κ3) is 11.2. The number of nitrogens with one attached hydrogen (secondary N) is 2. The van der Waals surface area contributed by atoms with E-state index in [0.717, 1.165) is 11.1 Å². The average Bonchev–Trinajstić information content (AvgIpc) is 2.84. The maximum Gasteiger partial charge on any atom is 0.305 e. The number of carbonyl (C=O) groups is 3. The molecule has 0 aliphatic rings. The van der Waals surface area contributed by atoms with Gasteiger partial charge in [-0.2, -0.15) is 11.8 Å². The molecule has 0 fully saturated rings. The zero-order chi connectivity index (χ0) is 25.5. The highest BCUT2D eigenvalue weighted by Gasteiger charge is 2.21. The Balaban J connectivity index is 1.88. The van der Waals surface area contributed by atoms with Crippen LogP contribution < -0.4 is 15.4 Å². The summed E-state index contributed by atoms with van der Waals surface area (Å²) in [5.41, 5.74) is 1.87. The van der Waals surface area contributed by atoms with Crippen LogP contribution in [0.3, 0.4) is 0 Å². The van der Waals surface area contributed by atoms with Gasteiger partial charge in [-0.1, -0.05) is 24.3 Å². The van der Waals surface area contributed by atoms with Crippen LogP contribution in [0.5, 0.6) is 11.5 Å². The lowest BCUT2D eigenvalue weighted by Crippen LogP contribution is -2.49. The highest BCUT2D eigenvalue weighted by atomic mass is 32.2. The van der Waals surface area contributed by atoms with Crippen LogP contribution in [0.2, 0.25) is 0 Å². The molecule has 0 unspecified atom stereocenters. The van der Waals surface area contributed by atoms with E-state index in [1.807, 2.05) is 30.5 Å². The molecule has 2 aromatic carbocycles. The number of hydrogen-bond donors (Lipinski definition) is 3. The summed E-state index contributed by atoms with van der Waals surface area (Å²) in [6, 6.07) is 13.5. The summed E-state index contributed by atoms with van der Waals surface area (Å²) in [6.45, 7) is 2.96. The predicted octanol–water partition coefficient (Wildman–Crippen LogP) is 2.86. The molecule has 0 saturated carbocycles. The number of aromatic hydroxyl groups is 1. The van der Waals surface area contributed by atoms with Crippen LogP contribution in [0.4, 0.5) is 0 Å².